The number of carbonyl (C=O) groups is 1. The largest absolute Gasteiger partial charge is 0.497 e. The van der Waals surface area contributed by atoms with Crippen LogP contribution >= 0.6 is 0 Å². The molecule has 1 heterocycles. The molecule has 4 nitrogen and oxygen atoms in total. The number of amides is 1. The third-order valence-electron chi connectivity index (χ3n) is 4.18. The van der Waals surface area contributed by atoms with E-state index < -0.39 is 0 Å². The van der Waals surface area contributed by atoms with Crippen LogP contribution in [0.1, 0.15) is 39.0 Å². The van der Waals surface area contributed by atoms with Gasteiger partial charge in [-0.3, -0.25) is 4.79 Å². The van der Waals surface area contributed by atoms with Crippen molar-refractivity contribution >= 4 is 11.6 Å². The number of methoxy groups -OCH3 is 1. The van der Waals surface area contributed by atoms with E-state index in [-0.39, 0.29) is 5.91 Å². The molecule has 0 saturated carbocycles. The lowest BCUT2D eigenvalue weighted by atomic mass is 9.99. The first kappa shape index (κ1) is 15.7. The molecule has 1 atom stereocenters. The molecule has 0 radical (unpaired) electrons. The van der Waals surface area contributed by atoms with Crippen molar-refractivity contribution in [3.8, 4) is 5.75 Å². The van der Waals surface area contributed by atoms with Gasteiger partial charge in [0.25, 0.3) is 0 Å². The average Bonchev–Trinajstić information content (AvgIpc) is 2.55. The molecule has 0 bridgehead atoms. The van der Waals surface area contributed by atoms with E-state index in [0.717, 1.165) is 37.2 Å². The molecule has 1 saturated heterocycles. The first-order valence-electron chi connectivity index (χ1n) is 7.92. The molecule has 0 spiro atoms. The van der Waals surface area contributed by atoms with Crippen LogP contribution in [0.3, 0.4) is 0 Å². The summed E-state index contributed by atoms with van der Waals surface area (Å²) in [5.74, 6) is 1.12. The number of hydrogen-bond acceptors (Lipinski definition) is 3. The highest BCUT2D eigenvalue weighted by molar-refractivity contribution is 5.77. The van der Waals surface area contributed by atoms with E-state index in [0.29, 0.717) is 19.0 Å². The topological polar surface area (TPSA) is 41.6 Å². The molecule has 21 heavy (non-hydrogen) atoms. The Balaban J connectivity index is 1.77. The molecule has 1 fully saturated rings. The molecule has 1 N–H and O–H groups in total. The first-order valence-corrected chi connectivity index (χ1v) is 7.92. The fourth-order valence-electron chi connectivity index (χ4n) is 2.92. The van der Waals surface area contributed by atoms with Crippen LogP contribution in [0.15, 0.2) is 24.3 Å². The van der Waals surface area contributed by atoms with Gasteiger partial charge in [0.05, 0.1) is 7.11 Å². The Morgan fingerprint density at radius 2 is 2.10 bits per heavy atom. The Bertz CT molecular complexity index is 445. The molecule has 1 aliphatic rings. The summed E-state index contributed by atoms with van der Waals surface area (Å²) in [6.45, 7) is 3.78. The second kappa shape index (κ2) is 7.91. The number of anilines is 1. The Hall–Kier alpha value is -1.71. The fraction of sp³-hybridized carbons (Fsp3) is 0.588. The SMILES string of the molecule is CCC1CCCCN1C(=O)CCNc1ccc(OC)cc1. The van der Waals surface area contributed by atoms with Crippen LogP contribution in [0.5, 0.6) is 5.75 Å². The normalized spacial score (nSPS) is 18.4. The van der Waals surface area contributed by atoms with Crippen molar-refractivity contribution < 1.29 is 9.53 Å². The zero-order valence-electron chi connectivity index (χ0n) is 13.1. The monoisotopic (exact) mass is 290 g/mol. The Kier molecular flexibility index (Phi) is 5.90. The van der Waals surface area contributed by atoms with E-state index in [1.165, 1.54) is 6.42 Å². The summed E-state index contributed by atoms with van der Waals surface area (Å²) < 4.78 is 5.13. The van der Waals surface area contributed by atoms with Gasteiger partial charge < -0.3 is 15.0 Å². The van der Waals surface area contributed by atoms with Gasteiger partial charge in [-0.15, -0.1) is 0 Å². The number of rotatable bonds is 6. The minimum atomic E-state index is 0.280. The van der Waals surface area contributed by atoms with Crippen molar-refractivity contribution in [3.05, 3.63) is 24.3 Å². The number of nitrogens with zero attached hydrogens (tertiary/aromatic N) is 1. The van der Waals surface area contributed by atoms with Gasteiger partial charge in [-0.2, -0.15) is 0 Å². The lowest BCUT2D eigenvalue weighted by molar-refractivity contribution is -0.134. The maximum Gasteiger partial charge on any atom is 0.224 e. The summed E-state index contributed by atoms with van der Waals surface area (Å²) in [5.41, 5.74) is 1.02. The van der Waals surface area contributed by atoms with Gasteiger partial charge in [0.15, 0.2) is 0 Å². The van der Waals surface area contributed by atoms with Gasteiger partial charge in [-0.25, -0.2) is 0 Å². The van der Waals surface area contributed by atoms with Gasteiger partial charge in [-0.05, 0) is 49.9 Å². The van der Waals surface area contributed by atoms with Gasteiger partial charge >= 0.3 is 0 Å². The lowest BCUT2D eigenvalue weighted by Crippen LogP contribution is -2.43. The van der Waals surface area contributed by atoms with Crippen molar-refractivity contribution in [1.29, 1.82) is 0 Å². The van der Waals surface area contributed by atoms with Crippen LogP contribution in [-0.4, -0.2) is 37.0 Å². The van der Waals surface area contributed by atoms with Crippen molar-refractivity contribution in [2.45, 2.75) is 45.1 Å². The number of nitrogens with one attached hydrogen (secondary N) is 1. The third-order valence-corrected chi connectivity index (χ3v) is 4.18. The minimum Gasteiger partial charge on any atom is -0.497 e. The minimum absolute atomic E-state index is 0.280. The zero-order valence-corrected chi connectivity index (χ0v) is 13.1. The standard InChI is InChI=1S/C17H26N2O2/c1-3-15-6-4-5-13-19(15)17(20)11-12-18-14-7-9-16(21-2)10-8-14/h7-10,15,18H,3-6,11-13H2,1-2H3. The number of hydrogen-bond donors (Lipinski definition) is 1. The van der Waals surface area contributed by atoms with E-state index >= 15 is 0 Å². The number of likely N-dealkylation sites (tertiary alicyclic amines) is 1. The summed E-state index contributed by atoms with van der Waals surface area (Å²) in [4.78, 5) is 14.4. The second-order valence-electron chi connectivity index (χ2n) is 5.55. The van der Waals surface area contributed by atoms with Crippen LogP contribution < -0.4 is 10.1 Å². The third kappa shape index (κ3) is 4.38. The second-order valence-corrected chi connectivity index (χ2v) is 5.55. The zero-order chi connectivity index (χ0) is 15.1. The number of piperidine rings is 1. The van der Waals surface area contributed by atoms with Crippen LogP contribution in [0.4, 0.5) is 5.69 Å². The fourth-order valence-corrected chi connectivity index (χ4v) is 2.92. The predicted octanol–water partition coefficient (Wildman–Crippen LogP) is 3.29. The van der Waals surface area contributed by atoms with Gasteiger partial charge in [-0.1, -0.05) is 6.92 Å². The number of carbonyl (C=O) groups excluding carboxylic acids is 1. The van der Waals surface area contributed by atoms with Crippen LogP contribution in [0.2, 0.25) is 0 Å². The maximum atomic E-state index is 12.3. The highest BCUT2D eigenvalue weighted by atomic mass is 16.5. The van der Waals surface area contributed by atoms with Crippen molar-refractivity contribution in [2.24, 2.45) is 0 Å². The average molecular weight is 290 g/mol. The van der Waals surface area contributed by atoms with Crippen LogP contribution in [-0.2, 0) is 4.79 Å². The summed E-state index contributed by atoms with van der Waals surface area (Å²) in [5, 5.41) is 3.30. The maximum absolute atomic E-state index is 12.3. The Labute approximate surface area is 127 Å². The molecule has 0 aromatic heterocycles. The van der Waals surface area contributed by atoms with Gasteiger partial charge in [0.1, 0.15) is 5.75 Å². The van der Waals surface area contributed by atoms with Crippen molar-refractivity contribution in [1.82, 2.24) is 4.90 Å². The molecule has 1 amide bonds. The van der Waals surface area contributed by atoms with E-state index in [4.69, 9.17) is 4.74 Å². The first-order chi connectivity index (χ1) is 10.2. The summed E-state index contributed by atoms with van der Waals surface area (Å²) in [7, 11) is 1.66. The summed E-state index contributed by atoms with van der Waals surface area (Å²) in [6.07, 6.45) is 5.19. The highest BCUT2D eigenvalue weighted by Crippen LogP contribution is 2.20. The lowest BCUT2D eigenvalue weighted by Gasteiger charge is -2.35. The van der Waals surface area contributed by atoms with Crippen molar-refractivity contribution in [3.63, 3.8) is 0 Å². The van der Waals surface area contributed by atoms with Gasteiger partial charge in [0, 0.05) is 31.2 Å². The number of benzene rings is 1. The molecular weight excluding hydrogens is 264 g/mol. The van der Waals surface area contributed by atoms with Gasteiger partial charge in [0.2, 0.25) is 5.91 Å². The molecule has 116 valence electrons. The van der Waals surface area contributed by atoms with E-state index in [1.54, 1.807) is 7.11 Å². The molecule has 1 aromatic carbocycles. The molecular formula is C17H26N2O2. The van der Waals surface area contributed by atoms with E-state index in [1.807, 2.05) is 24.3 Å². The van der Waals surface area contributed by atoms with E-state index in [2.05, 4.69) is 17.1 Å². The smallest absolute Gasteiger partial charge is 0.224 e. The predicted molar refractivity (Wildman–Crippen MR) is 85.7 cm³/mol. The summed E-state index contributed by atoms with van der Waals surface area (Å²) >= 11 is 0. The molecule has 1 unspecified atom stereocenters. The molecule has 2 rings (SSSR count). The van der Waals surface area contributed by atoms with Crippen LogP contribution in [0, 0.1) is 0 Å². The quantitative estimate of drug-likeness (QED) is 0.874. The Morgan fingerprint density at radius 1 is 1.33 bits per heavy atom. The molecule has 1 aliphatic heterocycles. The molecule has 1 aromatic rings. The van der Waals surface area contributed by atoms with E-state index in [9.17, 15) is 4.79 Å². The number of ether oxygens (including phenoxy) is 1. The molecule has 0 aliphatic carbocycles. The Morgan fingerprint density at radius 3 is 2.76 bits per heavy atom. The van der Waals surface area contributed by atoms with Crippen molar-refractivity contribution in [2.75, 3.05) is 25.5 Å². The molecule has 4 heteroatoms. The summed E-state index contributed by atoms with van der Waals surface area (Å²) in [6, 6.07) is 8.23. The van der Waals surface area contributed by atoms with Crippen LogP contribution in [0.25, 0.3) is 0 Å². The highest BCUT2D eigenvalue weighted by Gasteiger charge is 2.24.